The molecule has 9 nitrogen and oxygen atoms in total. The normalized spacial score (nSPS) is 14.5. The van der Waals surface area contributed by atoms with Gasteiger partial charge >= 0.3 is 17.3 Å². The van der Waals surface area contributed by atoms with Crippen LogP contribution in [-0.2, 0) is 22.6 Å². The van der Waals surface area contributed by atoms with Gasteiger partial charge in [-0.3, -0.25) is 14.3 Å². The summed E-state index contributed by atoms with van der Waals surface area (Å²) in [6, 6.07) is 14.9. The van der Waals surface area contributed by atoms with Crippen LogP contribution in [0.5, 0.6) is 5.75 Å². The average Bonchev–Trinajstić information content (AvgIpc) is 3.66. The molecule has 0 unspecified atom stereocenters. The Balaban J connectivity index is 1.77. The van der Waals surface area contributed by atoms with Crippen molar-refractivity contribution in [1.82, 2.24) is 14.1 Å². The fraction of sp³-hybridized carbons (Fsp3) is 0.407. The van der Waals surface area contributed by atoms with Crippen LogP contribution in [-0.4, -0.2) is 33.3 Å². The van der Waals surface area contributed by atoms with Crippen molar-refractivity contribution in [3.8, 4) is 5.75 Å². The molecule has 1 heterocycles. The summed E-state index contributed by atoms with van der Waals surface area (Å²) in [5, 5.41) is 0. The first-order chi connectivity index (χ1) is 17.3. The van der Waals surface area contributed by atoms with E-state index < -0.39 is 16.8 Å². The lowest BCUT2D eigenvalue weighted by Crippen LogP contribution is -2.51. The number of aryl methyl sites for hydroxylation is 1. The third-order valence-corrected chi connectivity index (χ3v) is 6.21. The zero-order valence-electron chi connectivity index (χ0n) is 21.0. The highest BCUT2D eigenvalue weighted by Crippen LogP contribution is 2.47. The molecule has 36 heavy (non-hydrogen) atoms. The SMILES string of the molecule is CCCOc1ccc(/N=c2\[nH]c(=O)n(CC3(C(=O)OCC)CC3)c(=O)n2Cc2ccc(C)cc2)cc1. The van der Waals surface area contributed by atoms with Gasteiger partial charge in [-0.05, 0) is 62.9 Å². The summed E-state index contributed by atoms with van der Waals surface area (Å²) in [7, 11) is 0. The highest BCUT2D eigenvalue weighted by atomic mass is 16.5. The molecule has 1 aliphatic rings. The van der Waals surface area contributed by atoms with Gasteiger partial charge in [0.05, 0.1) is 30.9 Å². The van der Waals surface area contributed by atoms with Crippen LogP contribution < -0.4 is 21.7 Å². The van der Waals surface area contributed by atoms with Gasteiger partial charge in [0.1, 0.15) is 5.75 Å². The van der Waals surface area contributed by atoms with Gasteiger partial charge in [0.25, 0.3) is 0 Å². The zero-order chi connectivity index (χ0) is 25.7. The number of hydrogen-bond acceptors (Lipinski definition) is 6. The third kappa shape index (κ3) is 5.67. The van der Waals surface area contributed by atoms with Gasteiger partial charge in [0, 0.05) is 6.54 Å². The van der Waals surface area contributed by atoms with Crippen molar-refractivity contribution in [1.29, 1.82) is 0 Å². The van der Waals surface area contributed by atoms with Crippen LogP contribution >= 0.6 is 0 Å². The van der Waals surface area contributed by atoms with E-state index in [4.69, 9.17) is 9.47 Å². The van der Waals surface area contributed by atoms with Crippen molar-refractivity contribution in [3.63, 3.8) is 0 Å². The molecule has 2 aromatic carbocycles. The van der Waals surface area contributed by atoms with Crippen LogP contribution in [0.25, 0.3) is 0 Å². The van der Waals surface area contributed by atoms with E-state index in [-0.39, 0.29) is 31.3 Å². The highest BCUT2D eigenvalue weighted by molar-refractivity contribution is 5.79. The van der Waals surface area contributed by atoms with E-state index in [0.717, 1.165) is 27.9 Å². The predicted molar refractivity (Wildman–Crippen MR) is 135 cm³/mol. The smallest absolute Gasteiger partial charge is 0.335 e. The maximum Gasteiger partial charge on any atom is 0.335 e. The molecule has 0 atom stereocenters. The van der Waals surface area contributed by atoms with Gasteiger partial charge in [-0.25, -0.2) is 19.1 Å². The monoisotopic (exact) mass is 492 g/mol. The largest absolute Gasteiger partial charge is 0.494 e. The fourth-order valence-electron chi connectivity index (χ4n) is 3.92. The summed E-state index contributed by atoms with van der Waals surface area (Å²) in [6.45, 7) is 6.80. The number of H-pyrrole nitrogens is 1. The van der Waals surface area contributed by atoms with Crippen molar-refractivity contribution < 1.29 is 14.3 Å². The quantitative estimate of drug-likeness (QED) is 0.438. The number of nitrogens with zero attached hydrogens (tertiary/aromatic N) is 3. The summed E-state index contributed by atoms with van der Waals surface area (Å²) in [6.07, 6.45) is 2.06. The van der Waals surface area contributed by atoms with Crippen LogP contribution in [0.3, 0.4) is 0 Å². The molecule has 0 bridgehead atoms. The molecule has 1 N–H and O–H groups in total. The fourth-order valence-corrected chi connectivity index (χ4v) is 3.92. The van der Waals surface area contributed by atoms with E-state index >= 15 is 0 Å². The first kappa shape index (κ1) is 25.2. The van der Waals surface area contributed by atoms with Gasteiger partial charge in [0.2, 0.25) is 5.62 Å². The predicted octanol–water partition coefficient (Wildman–Crippen LogP) is 3.06. The average molecular weight is 493 g/mol. The molecule has 1 aromatic heterocycles. The van der Waals surface area contributed by atoms with Crippen molar-refractivity contribution >= 4 is 11.7 Å². The number of carbonyl (C=O) groups excluding carboxylic acids is 1. The molecule has 1 saturated carbocycles. The lowest BCUT2D eigenvalue weighted by Gasteiger charge is -2.16. The molecule has 0 amide bonds. The Morgan fingerprint density at radius 1 is 1.03 bits per heavy atom. The summed E-state index contributed by atoms with van der Waals surface area (Å²) >= 11 is 0. The number of esters is 1. The van der Waals surface area contributed by atoms with E-state index in [0.29, 0.717) is 25.1 Å². The van der Waals surface area contributed by atoms with E-state index in [1.165, 1.54) is 4.57 Å². The molecule has 1 aliphatic carbocycles. The first-order valence-electron chi connectivity index (χ1n) is 12.3. The molecule has 4 rings (SSSR count). The van der Waals surface area contributed by atoms with E-state index in [1.807, 2.05) is 38.1 Å². The molecular formula is C27H32N4O5. The molecule has 0 saturated heterocycles. The Morgan fingerprint density at radius 3 is 2.33 bits per heavy atom. The highest BCUT2D eigenvalue weighted by Gasteiger charge is 2.52. The zero-order valence-corrected chi connectivity index (χ0v) is 21.0. The van der Waals surface area contributed by atoms with Gasteiger partial charge in [-0.2, -0.15) is 0 Å². The number of aromatic nitrogens is 3. The summed E-state index contributed by atoms with van der Waals surface area (Å²) in [5.41, 5.74) is 0.700. The molecule has 0 aliphatic heterocycles. The number of hydrogen-bond donors (Lipinski definition) is 1. The summed E-state index contributed by atoms with van der Waals surface area (Å²) in [5.74, 6) is 0.349. The van der Waals surface area contributed by atoms with Crippen LogP contribution in [0.1, 0.15) is 44.2 Å². The van der Waals surface area contributed by atoms with Gasteiger partial charge in [-0.1, -0.05) is 36.8 Å². The van der Waals surface area contributed by atoms with Crippen LogP contribution in [0.15, 0.2) is 63.1 Å². The molecular weight excluding hydrogens is 460 g/mol. The molecule has 3 aromatic rings. The van der Waals surface area contributed by atoms with E-state index in [2.05, 4.69) is 9.98 Å². The topological polar surface area (TPSA) is 108 Å². The van der Waals surface area contributed by atoms with E-state index in [1.54, 1.807) is 31.2 Å². The lowest BCUT2D eigenvalue weighted by molar-refractivity contribution is -0.150. The van der Waals surface area contributed by atoms with Gasteiger partial charge in [-0.15, -0.1) is 0 Å². The molecule has 9 heteroatoms. The van der Waals surface area contributed by atoms with Crippen LogP contribution in [0.4, 0.5) is 5.69 Å². The maximum atomic E-state index is 13.6. The second-order valence-corrected chi connectivity index (χ2v) is 9.15. The number of ether oxygens (including phenoxy) is 2. The minimum Gasteiger partial charge on any atom is -0.494 e. The van der Waals surface area contributed by atoms with E-state index in [9.17, 15) is 14.4 Å². The van der Waals surface area contributed by atoms with Gasteiger partial charge in [0.15, 0.2) is 0 Å². The summed E-state index contributed by atoms with van der Waals surface area (Å²) < 4.78 is 13.3. The van der Waals surface area contributed by atoms with Crippen molar-refractivity contribution in [3.05, 3.63) is 86.2 Å². The molecule has 1 fully saturated rings. The number of rotatable bonds is 10. The number of benzene rings is 2. The lowest BCUT2D eigenvalue weighted by atomic mass is 10.1. The molecule has 190 valence electrons. The Labute approximate surface area is 209 Å². The number of nitrogens with one attached hydrogen (secondary N) is 1. The Hall–Kier alpha value is -3.88. The summed E-state index contributed by atoms with van der Waals surface area (Å²) in [4.78, 5) is 46.4. The Morgan fingerprint density at radius 2 is 1.72 bits per heavy atom. The Bertz CT molecular complexity index is 1390. The molecule has 0 spiro atoms. The third-order valence-electron chi connectivity index (χ3n) is 6.21. The minimum atomic E-state index is -0.832. The van der Waals surface area contributed by atoms with Crippen molar-refractivity contribution in [2.45, 2.75) is 53.1 Å². The number of aromatic amines is 1. The minimum absolute atomic E-state index is 0.0301. The standard InChI is InChI=1S/C27H32N4O5/c1-4-16-36-22-12-10-21(11-13-22)28-24-29-25(33)31(18-27(14-15-27)23(32)35-5-2)26(34)30(24)17-20-8-6-19(3)7-9-20/h6-13H,4-5,14-18H2,1-3H3,(H,28,29,33). The van der Waals surface area contributed by atoms with Gasteiger partial charge < -0.3 is 9.47 Å². The van der Waals surface area contributed by atoms with Crippen LogP contribution in [0, 0.1) is 12.3 Å². The second-order valence-electron chi connectivity index (χ2n) is 9.15. The second kappa shape index (κ2) is 10.8. The maximum absolute atomic E-state index is 13.6. The van der Waals surface area contributed by atoms with Crippen molar-refractivity contribution in [2.75, 3.05) is 13.2 Å². The molecule has 0 radical (unpaired) electrons. The Kier molecular flexibility index (Phi) is 7.57. The first-order valence-corrected chi connectivity index (χ1v) is 12.3. The number of carbonyl (C=O) groups is 1. The van der Waals surface area contributed by atoms with Crippen LogP contribution in [0.2, 0.25) is 0 Å². The van der Waals surface area contributed by atoms with Crippen molar-refractivity contribution in [2.24, 2.45) is 10.4 Å².